The van der Waals surface area contributed by atoms with Gasteiger partial charge in [0.2, 0.25) is 0 Å². The van der Waals surface area contributed by atoms with Gasteiger partial charge in [-0.15, -0.1) is 0 Å². The Morgan fingerprint density at radius 3 is 2.63 bits per heavy atom. The van der Waals surface area contributed by atoms with Gasteiger partial charge in [-0.3, -0.25) is 14.5 Å². The predicted octanol–water partition coefficient (Wildman–Crippen LogP) is 5.91. The van der Waals surface area contributed by atoms with Gasteiger partial charge in [-0.25, -0.2) is 4.39 Å². The number of thiocarbonyl (C=S) groups is 1. The maximum absolute atomic E-state index is 13.3. The number of hydrogen-bond acceptors (Lipinski definition) is 6. The highest BCUT2D eigenvalue weighted by Crippen LogP contribution is 2.37. The van der Waals surface area contributed by atoms with E-state index in [-0.39, 0.29) is 17.5 Å². The Morgan fingerprint density at radius 1 is 1.14 bits per heavy atom. The average Bonchev–Trinajstić information content (AvgIpc) is 3.13. The molecule has 1 N–H and O–H groups in total. The predicted molar refractivity (Wildman–Crippen MR) is 141 cm³/mol. The summed E-state index contributed by atoms with van der Waals surface area (Å²) in [5.41, 5.74) is 1.76. The number of nitrogens with one attached hydrogen (secondary N) is 1. The van der Waals surface area contributed by atoms with Gasteiger partial charge < -0.3 is 14.8 Å². The van der Waals surface area contributed by atoms with Gasteiger partial charge in [0, 0.05) is 5.69 Å². The monoisotopic (exact) mass is 528 g/mol. The summed E-state index contributed by atoms with van der Waals surface area (Å²) >= 11 is 12.3. The number of hydrogen-bond donors (Lipinski definition) is 1. The van der Waals surface area contributed by atoms with Crippen LogP contribution >= 0.6 is 35.6 Å². The zero-order valence-electron chi connectivity index (χ0n) is 18.3. The molecular formula is C25H18ClFN2O4S2. The van der Waals surface area contributed by atoms with Gasteiger partial charge in [0.05, 0.1) is 22.7 Å². The van der Waals surface area contributed by atoms with Crippen LogP contribution in [-0.4, -0.2) is 29.9 Å². The molecular weight excluding hydrogens is 511 g/mol. The average molecular weight is 529 g/mol. The first-order chi connectivity index (χ1) is 16.9. The fourth-order valence-corrected chi connectivity index (χ4v) is 4.71. The van der Waals surface area contributed by atoms with E-state index in [1.807, 2.05) is 30.3 Å². The molecule has 1 aliphatic rings. The second-order valence-corrected chi connectivity index (χ2v) is 9.31. The van der Waals surface area contributed by atoms with Crippen LogP contribution in [0.5, 0.6) is 11.5 Å². The summed E-state index contributed by atoms with van der Waals surface area (Å²) in [6, 6.07) is 18.2. The molecule has 10 heteroatoms. The molecule has 0 atom stereocenters. The quantitative estimate of drug-likeness (QED) is 0.304. The second kappa shape index (κ2) is 10.9. The molecule has 0 aromatic heterocycles. The van der Waals surface area contributed by atoms with Crippen molar-refractivity contribution in [2.45, 2.75) is 0 Å². The minimum Gasteiger partial charge on any atom is -0.493 e. The molecule has 6 nitrogen and oxygen atoms in total. The molecule has 2 amide bonds. The van der Waals surface area contributed by atoms with Gasteiger partial charge in [-0.05, 0) is 54.1 Å². The van der Waals surface area contributed by atoms with Crippen molar-refractivity contribution in [2.75, 3.05) is 23.9 Å². The first-order valence-corrected chi connectivity index (χ1v) is 11.8. The molecule has 1 saturated heterocycles. The van der Waals surface area contributed by atoms with Crippen LogP contribution in [0, 0.1) is 5.82 Å². The lowest BCUT2D eigenvalue weighted by Gasteiger charge is -2.14. The number of carbonyl (C=O) groups excluding carboxylic acids is 2. The van der Waals surface area contributed by atoms with Crippen LogP contribution in [-0.2, 0) is 9.59 Å². The van der Waals surface area contributed by atoms with Gasteiger partial charge in [0.1, 0.15) is 5.82 Å². The summed E-state index contributed by atoms with van der Waals surface area (Å²) in [7, 11) is 1.47. The first-order valence-electron chi connectivity index (χ1n) is 10.2. The van der Waals surface area contributed by atoms with E-state index >= 15 is 0 Å². The number of anilines is 2. The maximum Gasteiger partial charge on any atom is 0.270 e. The Morgan fingerprint density at radius 2 is 1.91 bits per heavy atom. The van der Waals surface area contributed by atoms with E-state index in [4.69, 9.17) is 33.3 Å². The largest absolute Gasteiger partial charge is 0.493 e. The van der Waals surface area contributed by atoms with Crippen LogP contribution in [0.2, 0.25) is 5.02 Å². The number of para-hydroxylation sites is 1. The molecule has 3 aromatic rings. The third-order valence-electron chi connectivity index (χ3n) is 4.86. The normalized spacial score (nSPS) is 14.4. The number of amides is 2. The molecule has 0 aliphatic carbocycles. The van der Waals surface area contributed by atoms with E-state index in [2.05, 4.69) is 5.32 Å². The van der Waals surface area contributed by atoms with E-state index in [9.17, 15) is 14.0 Å². The van der Waals surface area contributed by atoms with Crippen molar-refractivity contribution in [1.29, 1.82) is 0 Å². The summed E-state index contributed by atoms with van der Waals surface area (Å²) in [6.07, 6.45) is 1.72. The van der Waals surface area contributed by atoms with Crippen molar-refractivity contribution in [3.8, 4) is 11.5 Å². The highest BCUT2D eigenvalue weighted by molar-refractivity contribution is 8.27. The topological polar surface area (TPSA) is 67.9 Å². The number of rotatable bonds is 7. The van der Waals surface area contributed by atoms with Gasteiger partial charge in [-0.1, -0.05) is 59.8 Å². The van der Waals surface area contributed by atoms with Gasteiger partial charge in [0.15, 0.2) is 22.4 Å². The molecule has 4 rings (SSSR count). The number of carbonyl (C=O) groups is 2. The lowest BCUT2D eigenvalue weighted by Crippen LogP contribution is -2.27. The molecule has 35 heavy (non-hydrogen) atoms. The Labute approximate surface area is 215 Å². The third kappa shape index (κ3) is 5.82. The van der Waals surface area contributed by atoms with Crippen molar-refractivity contribution < 1.29 is 23.5 Å². The molecule has 0 radical (unpaired) electrons. The van der Waals surface area contributed by atoms with Gasteiger partial charge in [0.25, 0.3) is 11.8 Å². The van der Waals surface area contributed by atoms with Gasteiger partial charge >= 0.3 is 0 Å². The summed E-state index contributed by atoms with van der Waals surface area (Å²) in [4.78, 5) is 27.1. The lowest BCUT2D eigenvalue weighted by atomic mass is 10.2. The van der Waals surface area contributed by atoms with Crippen molar-refractivity contribution in [3.63, 3.8) is 0 Å². The van der Waals surface area contributed by atoms with Crippen LogP contribution in [0.15, 0.2) is 71.6 Å². The fraction of sp³-hybridized carbons (Fsp3) is 0.0800. The fourth-order valence-electron chi connectivity index (χ4n) is 3.23. The molecule has 1 aliphatic heterocycles. The van der Waals surface area contributed by atoms with E-state index in [1.165, 1.54) is 35.9 Å². The maximum atomic E-state index is 13.3. The second-order valence-electron chi connectivity index (χ2n) is 7.23. The highest BCUT2D eigenvalue weighted by atomic mass is 35.5. The first kappa shape index (κ1) is 24.7. The number of halogens is 2. The zero-order valence-corrected chi connectivity index (χ0v) is 20.7. The van der Waals surface area contributed by atoms with Crippen molar-refractivity contribution in [2.24, 2.45) is 0 Å². The SMILES string of the molecule is COc1cc(/C=C2\SC(=S)N(c3ccccc3)C2=O)ccc1OCC(=O)Nc1ccc(F)c(Cl)c1. The number of nitrogens with zero attached hydrogens (tertiary/aromatic N) is 1. The van der Waals surface area contributed by atoms with Crippen molar-refractivity contribution >= 4 is 69.2 Å². The lowest BCUT2D eigenvalue weighted by molar-refractivity contribution is -0.118. The number of benzene rings is 3. The van der Waals surface area contributed by atoms with Crippen LogP contribution < -0.4 is 19.7 Å². The van der Waals surface area contributed by atoms with Crippen molar-refractivity contribution in [3.05, 3.63) is 88.0 Å². The standard InChI is InChI=1S/C25H18ClFN2O4S2/c1-32-21-11-15(12-22-24(31)29(25(34)35-22)17-5-3-2-4-6-17)7-10-20(21)33-14-23(30)28-16-8-9-19(27)18(26)13-16/h2-13H,14H2,1H3,(H,28,30)/b22-12-. The number of ether oxygens (including phenoxy) is 2. The summed E-state index contributed by atoms with van der Waals surface area (Å²) in [6.45, 7) is -0.305. The summed E-state index contributed by atoms with van der Waals surface area (Å²) in [5, 5.41) is 2.49. The number of thioether (sulfide) groups is 1. The van der Waals surface area contributed by atoms with E-state index < -0.39 is 11.7 Å². The number of methoxy groups -OCH3 is 1. The molecule has 0 unspecified atom stereocenters. The Bertz CT molecular complexity index is 1330. The molecule has 1 fully saturated rings. The molecule has 0 saturated carbocycles. The minimum atomic E-state index is -0.576. The van der Waals surface area contributed by atoms with E-state index in [0.29, 0.717) is 37.7 Å². The van der Waals surface area contributed by atoms with Crippen molar-refractivity contribution in [1.82, 2.24) is 0 Å². The van der Waals surface area contributed by atoms with E-state index in [1.54, 1.807) is 24.3 Å². The van der Waals surface area contributed by atoms with E-state index in [0.717, 1.165) is 6.07 Å². The van der Waals surface area contributed by atoms with Gasteiger partial charge in [-0.2, -0.15) is 0 Å². The van der Waals surface area contributed by atoms with Crippen LogP contribution in [0.3, 0.4) is 0 Å². The minimum absolute atomic E-state index is 0.0957. The Hall–Kier alpha value is -3.40. The molecule has 1 heterocycles. The molecule has 178 valence electrons. The van der Waals surface area contributed by atoms with Crippen LogP contribution in [0.1, 0.15) is 5.56 Å². The zero-order chi connectivity index (χ0) is 24.9. The summed E-state index contributed by atoms with van der Waals surface area (Å²) in [5.74, 6) is -0.511. The Balaban J connectivity index is 1.44. The van der Waals surface area contributed by atoms with Crippen LogP contribution in [0.4, 0.5) is 15.8 Å². The smallest absolute Gasteiger partial charge is 0.270 e. The third-order valence-corrected chi connectivity index (χ3v) is 6.45. The Kier molecular flexibility index (Phi) is 7.70. The highest BCUT2D eigenvalue weighted by Gasteiger charge is 2.33. The molecule has 0 bridgehead atoms. The summed E-state index contributed by atoms with van der Waals surface area (Å²) < 4.78 is 24.7. The molecule has 0 spiro atoms. The molecule has 3 aromatic carbocycles. The van der Waals surface area contributed by atoms with Crippen LogP contribution in [0.25, 0.3) is 6.08 Å².